The first-order chi connectivity index (χ1) is 5.35. The fraction of sp³-hybridized carbons (Fsp3) is 0.250. The zero-order valence-corrected chi connectivity index (χ0v) is 7.77. The van der Waals surface area contributed by atoms with Gasteiger partial charge in [-0.2, -0.15) is 3.84 Å². The van der Waals surface area contributed by atoms with Crippen LogP contribution in [0.2, 0.25) is 0 Å². The highest BCUT2D eigenvalue weighted by atomic mass is 35.6. The summed E-state index contributed by atoms with van der Waals surface area (Å²) in [5, 5.41) is 0. The first-order valence-corrected chi connectivity index (χ1v) is 3.90. The molecule has 1 aromatic rings. The third kappa shape index (κ3) is 6.17. The first kappa shape index (κ1) is 10.8. The van der Waals surface area contributed by atoms with Gasteiger partial charge in [0, 0.05) is 0 Å². The normalized spacial score (nSPS) is 8.27. The van der Waals surface area contributed by atoms with Crippen LogP contribution >= 0.6 is 23.7 Å². The molecule has 0 aromatic heterocycles. The minimum Gasteiger partial charge on any atom is -0.166 e. The lowest BCUT2D eigenvalue weighted by atomic mass is 10.2. The Morgan fingerprint density at radius 2 is 1.64 bits per heavy atom. The van der Waals surface area contributed by atoms with Gasteiger partial charge >= 0.3 is 0 Å². The third-order valence-corrected chi connectivity index (χ3v) is 1.25. The van der Waals surface area contributed by atoms with Crippen LogP contribution in [0.1, 0.15) is 12.5 Å². The Kier molecular flexibility index (Phi) is 7.69. The average molecular weight is 193 g/mol. The van der Waals surface area contributed by atoms with Crippen LogP contribution in [-0.4, -0.2) is 0 Å². The molecule has 0 aliphatic rings. The Labute approximate surface area is 77.2 Å². The maximum atomic E-state index is 4.26. The van der Waals surface area contributed by atoms with E-state index in [4.69, 9.17) is 0 Å². The van der Waals surface area contributed by atoms with Crippen LogP contribution in [0.3, 0.4) is 0 Å². The second-order valence-electron chi connectivity index (χ2n) is 1.90. The molecule has 0 aliphatic heterocycles. The van der Waals surface area contributed by atoms with Gasteiger partial charge in [0.15, 0.2) is 0 Å². The van der Waals surface area contributed by atoms with Crippen LogP contribution < -0.4 is 0 Å². The number of benzene rings is 1. The summed E-state index contributed by atoms with van der Waals surface area (Å²) in [6.07, 6.45) is 1.14. The summed E-state index contributed by atoms with van der Waals surface area (Å²) >= 11 is 8.53. The quantitative estimate of drug-likeness (QED) is 0.662. The second-order valence-corrected chi connectivity index (χ2v) is 2.36. The summed E-state index contributed by atoms with van der Waals surface area (Å²) in [5.41, 5.74) is 1.41. The molecule has 0 N–H and O–H groups in total. The Morgan fingerprint density at radius 3 is 1.91 bits per heavy atom. The summed E-state index contributed by atoms with van der Waals surface area (Å²) in [7, 11) is 0. The molecule has 11 heavy (non-hydrogen) atoms. The van der Waals surface area contributed by atoms with Crippen molar-refractivity contribution in [3.63, 3.8) is 0 Å². The molecule has 0 fully saturated rings. The van der Waals surface area contributed by atoms with Gasteiger partial charge in [-0.3, -0.25) is 0 Å². The highest BCUT2D eigenvalue weighted by molar-refractivity contribution is 6.24. The van der Waals surface area contributed by atoms with Crippen molar-refractivity contribution in [1.82, 2.24) is 0 Å². The summed E-state index contributed by atoms with van der Waals surface area (Å²) in [6, 6.07) is 10.5. The maximum absolute atomic E-state index is 4.26. The summed E-state index contributed by atoms with van der Waals surface area (Å²) < 4.78 is 3.19. The highest BCUT2D eigenvalue weighted by Gasteiger charge is 1.79. The fourth-order valence-corrected chi connectivity index (χ4v) is 0.714. The predicted octanol–water partition coefficient (Wildman–Crippen LogP) is 3.56. The molecular formula is C8H10Cl2O. The van der Waals surface area contributed by atoms with Crippen LogP contribution in [0.4, 0.5) is 0 Å². The van der Waals surface area contributed by atoms with Gasteiger partial charge in [-0.05, 0) is 12.0 Å². The van der Waals surface area contributed by atoms with Crippen LogP contribution in [0.25, 0.3) is 0 Å². The number of hydrogen-bond donors (Lipinski definition) is 0. The lowest BCUT2D eigenvalue weighted by molar-refractivity contribution is 0.697. The standard InChI is InChI=1S/C8H10.Cl2O/c1-2-8-6-4-3-5-7-8;1-3-2/h3-7H,2H2,1H3;. The van der Waals surface area contributed by atoms with Crippen LogP contribution in [0.15, 0.2) is 30.3 Å². The van der Waals surface area contributed by atoms with E-state index >= 15 is 0 Å². The number of halogens is 2. The number of rotatable bonds is 1. The molecule has 0 aliphatic carbocycles. The maximum Gasteiger partial charge on any atom is 0.0832 e. The van der Waals surface area contributed by atoms with Gasteiger partial charge in [-0.1, -0.05) is 37.3 Å². The molecule has 1 rings (SSSR count). The molecule has 0 saturated carbocycles. The van der Waals surface area contributed by atoms with Crippen molar-refractivity contribution in [2.24, 2.45) is 0 Å². The molecule has 0 amide bonds. The fourth-order valence-electron chi connectivity index (χ4n) is 0.714. The molecular weight excluding hydrogens is 183 g/mol. The van der Waals surface area contributed by atoms with Crippen molar-refractivity contribution in [2.75, 3.05) is 0 Å². The van der Waals surface area contributed by atoms with Gasteiger partial charge in [0.05, 0.1) is 23.7 Å². The van der Waals surface area contributed by atoms with E-state index in [1.165, 1.54) is 5.56 Å². The van der Waals surface area contributed by atoms with Crippen molar-refractivity contribution >= 4 is 23.7 Å². The van der Waals surface area contributed by atoms with E-state index in [2.05, 4.69) is 58.8 Å². The minimum atomic E-state index is 1.14. The monoisotopic (exact) mass is 192 g/mol. The van der Waals surface area contributed by atoms with Gasteiger partial charge in [0.1, 0.15) is 0 Å². The predicted molar refractivity (Wildman–Crippen MR) is 48.6 cm³/mol. The van der Waals surface area contributed by atoms with Gasteiger partial charge in [0.25, 0.3) is 0 Å². The van der Waals surface area contributed by atoms with Gasteiger partial charge in [-0.25, -0.2) is 0 Å². The van der Waals surface area contributed by atoms with E-state index in [9.17, 15) is 0 Å². The van der Waals surface area contributed by atoms with E-state index in [0.717, 1.165) is 6.42 Å². The van der Waals surface area contributed by atoms with Crippen LogP contribution in [0.5, 0.6) is 0 Å². The van der Waals surface area contributed by atoms with Gasteiger partial charge < -0.3 is 0 Å². The lowest BCUT2D eigenvalue weighted by Crippen LogP contribution is -1.73. The molecule has 1 nitrogen and oxygen atoms in total. The van der Waals surface area contributed by atoms with Crippen molar-refractivity contribution in [3.05, 3.63) is 35.9 Å². The summed E-state index contributed by atoms with van der Waals surface area (Å²) in [5.74, 6) is 0. The van der Waals surface area contributed by atoms with Crippen molar-refractivity contribution in [2.45, 2.75) is 13.3 Å². The Balaban J connectivity index is 0.000000292. The second kappa shape index (κ2) is 7.86. The van der Waals surface area contributed by atoms with Crippen molar-refractivity contribution in [3.8, 4) is 0 Å². The highest BCUT2D eigenvalue weighted by Crippen LogP contribution is 1.96. The Hall–Kier alpha value is -0.240. The van der Waals surface area contributed by atoms with E-state index in [1.54, 1.807) is 0 Å². The summed E-state index contributed by atoms with van der Waals surface area (Å²) in [4.78, 5) is 0. The van der Waals surface area contributed by atoms with E-state index < -0.39 is 0 Å². The molecule has 0 spiro atoms. The zero-order valence-electron chi connectivity index (χ0n) is 6.26. The Bertz CT molecular complexity index is 165. The molecule has 0 bridgehead atoms. The van der Waals surface area contributed by atoms with Crippen LogP contribution in [0, 0.1) is 0 Å². The molecule has 62 valence electrons. The van der Waals surface area contributed by atoms with Crippen LogP contribution in [-0.2, 0) is 10.3 Å². The van der Waals surface area contributed by atoms with Gasteiger partial charge in [0.2, 0.25) is 0 Å². The molecule has 0 heterocycles. The Morgan fingerprint density at radius 1 is 1.18 bits per heavy atom. The average Bonchev–Trinajstić information content (AvgIpc) is 2.08. The number of hydrogen-bond acceptors (Lipinski definition) is 1. The molecule has 0 saturated heterocycles. The molecule has 3 heteroatoms. The lowest BCUT2D eigenvalue weighted by Gasteiger charge is -1.89. The molecule has 0 unspecified atom stereocenters. The largest absolute Gasteiger partial charge is 0.166 e. The minimum absolute atomic E-state index is 1.14. The molecule has 0 atom stereocenters. The van der Waals surface area contributed by atoms with E-state index in [1.807, 2.05) is 6.07 Å². The summed E-state index contributed by atoms with van der Waals surface area (Å²) in [6.45, 7) is 2.16. The first-order valence-electron chi connectivity index (χ1n) is 3.28. The van der Waals surface area contributed by atoms with Crippen molar-refractivity contribution in [1.29, 1.82) is 0 Å². The molecule has 1 aromatic carbocycles. The SMILES string of the molecule is CCc1ccccc1.ClOCl. The van der Waals surface area contributed by atoms with Gasteiger partial charge in [-0.15, -0.1) is 0 Å². The smallest absolute Gasteiger partial charge is 0.0832 e. The topological polar surface area (TPSA) is 9.23 Å². The molecule has 0 radical (unpaired) electrons. The van der Waals surface area contributed by atoms with E-state index in [0.29, 0.717) is 0 Å². The zero-order chi connectivity index (χ0) is 8.53. The van der Waals surface area contributed by atoms with E-state index in [-0.39, 0.29) is 0 Å². The van der Waals surface area contributed by atoms with Crippen molar-refractivity contribution < 1.29 is 3.84 Å². The third-order valence-electron chi connectivity index (χ3n) is 1.25. The number of aryl methyl sites for hydroxylation is 1.